The molecule has 9 nitrogen and oxygen atoms in total. The highest BCUT2D eigenvalue weighted by atomic mass is 19.4. The number of carbonyl (C=O) groups is 1. The molecular weight excluding hydrogens is 423 g/mol. The molecule has 1 aliphatic rings. The first-order chi connectivity index (χ1) is 14.2. The number of aliphatic hydroxyl groups is 1. The van der Waals surface area contributed by atoms with Crippen LogP contribution in [0.2, 0.25) is 0 Å². The summed E-state index contributed by atoms with van der Waals surface area (Å²) in [6.45, 7) is 5.59. The number of nitro benzene ring substituents is 1. The molecule has 0 saturated carbocycles. The minimum absolute atomic E-state index is 0.000340. The van der Waals surface area contributed by atoms with Crippen LogP contribution >= 0.6 is 0 Å². The van der Waals surface area contributed by atoms with E-state index in [0.717, 1.165) is 12.1 Å². The van der Waals surface area contributed by atoms with E-state index < -0.39 is 46.2 Å². The molecule has 12 heteroatoms. The second-order valence-electron chi connectivity index (χ2n) is 8.17. The van der Waals surface area contributed by atoms with Gasteiger partial charge in [0, 0.05) is 50.1 Å². The van der Waals surface area contributed by atoms with E-state index in [1.165, 1.54) is 18.1 Å². The van der Waals surface area contributed by atoms with Gasteiger partial charge in [-0.1, -0.05) is 0 Å². The van der Waals surface area contributed by atoms with Crippen LogP contribution in [0.25, 0.3) is 0 Å². The molecular formula is C19H26F3N3O6. The summed E-state index contributed by atoms with van der Waals surface area (Å²) in [6, 6.07) is 2.43. The zero-order valence-electron chi connectivity index (χ0n) is 17.7. The van der Waals surface area contributed by atoms with Crippen LogP contribution in [0, 0.1) is 10.1 Å². The van der Waals surface area contributed by atoms with Crippen molar-refractivity contribution >= 4 is 17.5 Å². The Kier molecular flexibility index (Phi) is 7.37. The van der Waals surface area contributed by atoms with Crippen molar-refractivity contribution in [3.63, 3.8) is 0 Å². The maximum absolute atomic E-state index is 13.2. The van der Waals surface area contributed by atoms with E-state index in [2.05, 4.69) is 0 Å². The quantitative estimate of drug-likeness (QED) is 0.543. The van der Waals surface area contributed by atoms with Crippen molar-refractivity contribution in [2.24, 2.45) is 0 Å². The van der Waals surface area contributed by atoms with Gasteiger partial charge in [-0.3, -0.25) is 15.0 Å². The van der Waals surface area contributed by atoms with Gasteiger partial charge >= 0.3 is 12.3 Å². The number of piperazine rings is 1. The topological polar surface area (TPSA) is 105 Å². The van der Waals surface area contributed by atoms with Crippen LogP contribution in [-0.4, -0.2) is 72.2 Å². The molecule has 31 heavy (non-hydrogen) atoms. The Balaban J connectivity index is 2.36. The summed E-state index contributed by atoms with van der Waals surface area (Å²) in [5.41, 5.74) is -1.92. The summed E-state index contributed by atoms with van der Waals surface area (Å²) in [7, 11) is 1.43. The van der Waals surface area contributed by atoms with Gasteiger partial charge in [-0.25, -0.2) is 4.79 Å². The van der Waals surface area contributed by atoms with Gasteiger partial charge < -0.3 is 19.5 Å². The van der Waals surface area contributed by atoms with Gasteiger partial charge in [0.2, 0.25) is 0 Å². The minimum atomic E-state index is -5.01. The van der Waals surface area contributed by atoms with E-state index in [-0.39, 0.29) is 31.9 Å². The molecule has 1 amide bonds. The number of aliphatic hydroxyl groups excluding tert-OH is 1. The molecule has 1 aliphatic heterocycles. The number of alkyl halides is 3. The van der Waals surface area contributed by atoms with E-state index in [9.17, 15) is 33.2 Å². The number of rotatable bonds is 5. The highest BCUT2D eigenvalue weighted by Crippen LogP contribution is 2.39. The smallest absolute Gasteiger partial charge is 0.418 e. The Morgan fingerprint density at radius 1 is 1.32 bits per heavy atom. The fraction of sp³-hybridized carbons (Fsp3) is 0.632. The van der Waals surface area contributed by atoms with E-state index in [4.69, 9.17) is 9.47 Å². The van der Waals surface area contributed by atoms with Crippen molar-refractivity contribution < 1.29 is 37.5 Å². The van der Waals surface area contributed by atoms with Crippen LogP contribution in [0.15, 0.2) is 18.2 Å². The normalized spacial score (nSPS) is 18.6. The van der Waals surface area contributed by atoms with Gasteiger partial charge in [-0.15, -0.1) is 0 Å². The molecule has 1 aromatic rings. The van der Waals surface area contributed by atoms with Crippen LogP contribution in [0.3, 0.4) is 0 Å². The van der Waals surface area contributed by atoms with E-state index >= 15 is 0 Å². The van der Waals surface area contributed by atoms with Crippen LogP contribution in [0.4, 0.5) is 29.3 Å². The lowest BCUT2D eigenvalue weighted by Gasteiger charge is -2.43. The highest BCUT2D eigenvalue weighted by molar-refractivity contribution is 5.69. The van der Waals surface area contributed by atoms with Crippen molar-refractivity contribution in [3.05, 3.63) is 33.9 Å². The third kappa shape index (κ3) is 6.20. The molecule has 0 bridgehead atoms. The summed E-state index contributed by atoms with van der Waals surface area (Å²) in [4.78, 5) is 25.7. The fourth-order valence-electron chi connectivity index (χ4n) is 3.31. The second kappa shape index (κ2) is 9.27. The lowest BCUT2D eigenvalue weighted by molar-refractivity contribution is -0.385. The molecule has 1 unspecified atom stereocenters. The average molecular weight is 449 g/mol. The van der Waals surface area contributed by atoms with Crippen LogP contribution < -0.4 is 4.90 Å². The summed E-state index contributed by atoms with van der Waals surface area (Å²) in [5, 5.41) is 20.9. The summed E-state index contributed by atoms with van der Waals surface area (Å²) in [6.07, 6.45) is -8.48. The molecule has 2 rings (SSSR count). The van der Waals surface area contributed by atoms with Gasteiger partial charge in [-0.2, -0.15) is 13.2 Å². The van der Waals surface area contributed by atoms with Crippen molar-refractivity contribution in [2.75, 3.05) is 38.3 Å². The number of nitrogens with zero attached hydrogens (tertiary/aromatic N) is 3. The average Bonchev–Trinajstić information content (AvgIpc) is 2.65. The highest BCUT2D eigenvalue weighted by Gasteiger charge is 2.43. The molecule has 1 fully saturated rings. The van der Waals surface area contributed by atoms with Gasteiger partial charge in [0.05, 0.1) is 17.6 Å². The predicted molar refractivity (Wildman–Crippen MR) is 105 cm³/mol. The Morgan fingerprint density at radius 2 is 1.97 bits per heavy atom. The van der Waals surface area contributed by atoms with Gasteiger partial charge in [0.15, 0.2) is 6.10 Å². The first-order valence-corrected chi connectivity index (χ1v) is 9.51. The van der Waals surface area contributed by atoms with E-state index in [1.807, 2.05) is 0 Å². The number of amides is 1. The predicted octanol–water partition coefficient (Wildman–Crippen LogP) is 3.26. The first-order valence-electron chi connectivity index (χ1n) is 9.51. The maximum atomic E-state index is 13.2. The molecule has 0 aromatic heterocycles. The number of nitro groups is 1. The zero-order chi connectivity index (χ0) is 23.6. The molecule has 0 aliphatic carbocycles. The van der Waals surface area contributed by atoms with Crippen molar-refractivity contribution in [2.45, 2.75) is 44.7 Å². The SMILES string of the molecule is COCC1CN(c2ccc([N+](=O)[O-])cc2[C@@H](O)C(F)(F)F)CCN1C(=O)OC(C)(C)C. The molecule has 0 spiro atoms. The lowest BCUT2D eigenvalue weighted by Crippen LogP contribution is -2.58. The number of hydrogen-bond acceptors (Lipinski definition) is 7. The molecule has 174 valence electrons. The number of halogens is 3. The van der Waals surface area contributed by atoms with E-state index in [1.54, 1.807) is 25.7 Å². The summed E-state index contributed by atoms with van der Waals surface area (Å²) >= 11 is 0. The molecule has 1 N–H and O–H groups in total. The van der Waals surface area contributed by atoms with Crippen LogP contribution in [-0.2, 0) is 9.47 Å². The van der Waals surface area contributed by atoms with Crippen molar-refractivity contribution in [1.29, 1.82) is 0 Å². The van der Waals surface area contributed by atoms with Gasteiger partial charge in [0.1, 0.15) is 5.60 Å². The Labute approximate surface area is 177 Å². The van der Waals surface area contributed by atoms with E-state index in [0.29, 0.717) is 0 Å². The number of anilines is 1. The van der Waals surface area contributed by atoms with Crippen LogP contribution in [0.5, 0.6) is 0 Å². The molecule has 1 saturated heterocycles. The van der Waals surface area contributed by atoms with Crippen molar-refractivity contribution in [1.82, 2.24) is 4.90 Å². The van der Waals surface area contributed by atoms with Crippen LogP contribution in [0.1, 0.15) is 32.4 Å². The summed E-state index contributed by atoms with van der Waals surface area (Å²) in [5.74, 6) is 0. The third-order valence-electron chi connectivity index (χ3n) is 4.64. The molecule has 2 atom stereocenters. The Bertz CT molecular complexity index is 812. The summed E-state index contributed by atoms with van der Waals surface area (Å²) < 4.78 is 50.2. The number of methoxy groups -OCH3 is 1. The second-order valence-corrected chi connectivity index (χ2v) is 8.17. The van der Waals surface area contributed by atoms with Crippen molar-refractivity contribution in [3.8, 4) is 0 Å². The van der Waals surface area contributed by atoms with Gasteiger partial charge in [-0.05, 0) is 26.8 Å². The number of non-ortho nitro benzene ring substituents is 1. The largest absolute Gasteiger partial charge is 0.444 e. The number of benzene rings is 1. The monoisotopic (exact) mass is 449 g/mol. The third-order valence-corrected chi connectivity index (χ3v) is 4.64. The lowest BCUT2D eigenvalue weighted by atomic mass is 10.0. The zero-order valence-corrected chi connectivity index (χ0v) is 17.7. The fourth-order valence-corrected chi connectivity index (χ4v) is 3.31. The number of hydrogen-bond donors (Lipinski definition) is 1. The Morgan fingerprint density at radius 3 is 2.48 bits per heavy atom. The number of ether oxygens (including phenoxy) is 2. The molecule has 0 radical (unpaired) electrons. The first kappa shape index (κ1) is 24.7. The molecule has 1 aromatic carbocycles. The standard InChI is InChI=1S/C19H26F3N3O6/c1-18(2,3)31-17(27)24-8-7-23(10-13(24)11-30-4)15-6-5-12(25(28)29)9-14(15)16(26)19(20,21)22/h5-6,9,13,16,26H,7-8,10-11H2,1-4H3/t13?,16-/m1/s1. The Hall–Kier alpha value is -2.60. The minimum Gasteiger partial charge on any atom is -0.444 e. The number of carbonyl (C=O) groups excluding carboxylic acids is 1. The molecule has 1 heterocycles. The van der Waals surface area contributed by atoms with Gasteiger partial charge in [0.25, 0.3) is 5.69 Å². The maximum Gasteiger partial charge on any atom is 0.418 e.